The van der Waals surface area contributed by atoms with E-state index in [0.29, 0.717) is 31.7 Å². The van der Waals surface area contributed by atoms with Crippen LogP contribution in [-0.4, -0.2) is 46.4 Å². The van der Waals surface area contributed by atoms with Gasteiger partial charge in [-0.2, -0.15) is 0 Å². The van der Waals surface area contributed by atoms with Gasteiger partial charge in [0.25, 0.3) is 0 Å². The second-order valence-electron chi connectivity index (χ2n) is 6.31. The molecule has 0 spiro atoms. The van der Waals surface area contributed by atoms with Crippen molar-refractivity contribution in [3.8, 4) is 0 Å². The summed E-state index contributed by atoms with van der Waals surface area (Å²) in [5.74, 6) is -0.721. The zero-order chi connectivity index (χ0) is 16.1. The number of hydrogen-bond donors (Lipinski definition) is 2. The smallest absolute Gasteiger partial charge is 0.326 e. The first-order chi connectivity index (χ1) is 10.5. The molecule has 3 unspecified atom stereocenters. The van der Waals surface area contributed by atoms with E-state index in [0.717, 1.165) is 25.7 Å². The van der Waals surface area contributed by atoms with Crippen LogP contribution in [0.4, 0.5) is 0 Å². The maximum absolute atomic E-state index is 12.5. The second-order valence-corrected chi connectivity index (χ2v) is 6.31. The first kappa shape index (κ1) is 16.8. The fourth-order valence-corrected chi connectivity index (χ4v) is 3.85. The van der Waals surface area contributed by atoms with E-state index in [9.17, 15) is 19.5 Å². The Labute approximate surface area is 131 Å². The van der Waals surface area contributed by atoms with Gasteiger partial charge in [-0.05, 0) is 38.5 Å². The predicted octanol–water partition coefficient (Wildman–Crippen LogP) is 1.54. The highest BCUT2D eigenvalue weighted by Crippen LogP contribution is 2.40. The van der Waals surface area contributed by atoms with Crippen molar-refractivity contribution in [3.05, 3.63) is 0 Å². The second kappa shape index (κ2) is 7.61. The maximum atomic E-state index is 12.5. The quantitative estimate of drug-likeness (QED) is 0.779. The maximum Gasteiger partial charge on any atom is 0.326 e. The van der Waals surface area contributed by atoms with E-state index in [1.807, 2.05) is 6.92 Å². The minimum absolute atomic E-state index is 0.0537. The summed E-state index contributed by atoms with van der Waals surface area (Å²) in [5.41, 5.74) is 0. The molecule has 0 aromatic rings. The first-order valence-electron chi connectivity index (χ1n) is 8.35. The standard InChI is InChI=1S/C16H26N2O4/c1-2-17-14(19)8-5-9-15(20)18-12-7-4-3-6-11(12)10-13(18)16(21)22/h11-13H,2-10H2,1H3,(H,17,19)(H,21,22). The van der Waals surface area contributed by atoms with E-state index in [2.05, 4.69) is 5.32 Å². The molecule has 3 atom stereocenters. The highest BCUT2D eigenvalue weighted by molar-refractivity contribution is 5.85. The highest BCUT2D eigenvalue weighted by Gasteiger charge is 2.47. The van der Waals surface area contributed by atoms with Crippen LogP contribution in [0.5, 0.6) is 0 Å². The largest absolute Gasteiger partial charge is 0.480 e. The molecule has 1 saturated carbocycles. The molecule has 2 amide bonds. The first-order valence-corrected chi connectivity index (χ1v) is 8.35. The zero-order valence-corrected chi connectivity index (χ0v) is 13.2. The zero-order valence-electron chi connectivity index (χ0n) is 13.2. The molecule has 2 aliphatic rings. The Kier molecular flexibility index (Phi) is 5.80. The van der Waals surface area contributed by atoms with Crippen molar-refractivity contribution in [2.24, 2.45) is 5.92 Å². The van der Waals surface area contributed by atoms with E-state index in [1.54, 1.807) is 4.90 Å². The lowest BCUT2D eigenvalue weighted by atomic mass is 9.84. The van der Waals surface area contributed by atoms with Crippen LogP contribution >= 0.6 is 0 Å². The summed E-state index contributed by atoms with van der Waals surface area (Å²) in [5, 5.41) is 12.1. The van der Waals surface area contributed by atoms with Crippen molar-refractivity contribution in [2.75, 3.05) is 6.54 Å². The van der Waals surface area contributed by atoms with Gasteiger partial charge >= 0.3 is 5.97 Å². The van der Waals surface area contributed by atoms with Crippen LogP contribution in [0.15, 0.2) is 0 Å². The summed E-state index contributed by atoms with van der Waals surface area (Å²) in [7, 11) is 0. The number of amides is 2. The van der Waals surface area contributed by atoms with Gasteiger partial charge in [0.05, 0.1) is 0 Å². The number of hydrogen-bond acceptors (Lipinski definition) is 3. The lowest BCUT2D eigenvalue weighted by molar-refractivity contribution is -0.150. The lowest BCUT2D eigenvalue weighted by Crippen LogP contribution is -2.46. The summed E-state index contributed by atoms with van der Waals surface area (Å²) >= 11 is 0. The van der Waals surface area contributed by atoms with Crippen LogP contribution in [0.1, 0.15) is 58.3 Å². The van der Waals surface area contributed by atoms with E-state index in [4.69, 9.17) is 0 Å². The summed E-state index contributed by atoms with van der Waals surface area (Å²) in [4.78, 5) is 37.0. The van der Waals surface area contributed by atoms with E-state index in [1.165, 1.54) is 0 Å². The highest BCUT2D eigenvalue weighted by atomic mass is 16.4. The van der Waals surface area contributed by atoms with Crippen LogP contribution in [0.3, 0.4) is 0 Å². The molecule has 2 N–H and O–H groups in total. The Morgan fingerprint density at radius 3 is 2.59 bits per heavy atom. The number of carboxylic acids is 1. The number of aliphatic carboxylic acids is 1. The van der Waals surface area contributed by atoms with Gasteiger partial charge in [-0.1, -0.05) is 12.8 Å². The molecule has 0 aromatic heterocycles. The number of fused-ring (bicyclic) bond motifs is 1. The lowest BCUT2D eigenvalue weighted by Gasteiger charge is -2.33. The van der Waals surface area contributed by atoms with Gasteiger partial charge < -0.3 is 15.3 Å². The number of rotatable bonds is 6. The minimum atomic E-state index is -0.897. The Bertz CT molecular complexity index is 438. The van der Waals surface area contributed by atoms with Crippen molar-refractivity contribution >= 4 is 17.8 Å². The van der Waals surface area contributed by atoms with E-state index < -0.39 is 12.0 Å². The number of carbonyl (C=O) groups excluding carboxylic acids is 2. The molecule has 0 aromatic carbocycles. The number of carboxylic acid groups (broad SMARTS) is 1. The van der Waals surface area contributed by atoms with Crippen molar-refractivity contribution in [1.29, 1.82) is 0 Å². The summed E-state index contributed by atoms with van der Waals surface area (Å²) in [6.45, 7) is 2.44. The van der Waals surface area contributed by atoms with Crippen molar-refractivity contribution in [3.63, 3.8) is 0 Å². The van der Waals surface area contributed by atoms with Gasteiger partial charge in [-0.25, -0.2) is 4.79 Å². The molecule has 1 aliphatic heterocycles. The fourth-order valence-electron chi connectivity index (χ4n) is 3.85. The molecule has 1 saturated heterocycles. The molecule has 124 valence electrons. The third-order valence-corrected chi connectivity index (χ3v) is 4.83. The summed E-state index contributed by atoms with van der Waals surface area (Å²) in [6.07, 6.45) is 5.77. The Morgan fingerprint density at radius 1 is 1.18 bits per heavy atom. The predicted molar refractivity (Wildman–Crippen MR) is 81.2 cm³/mol. The topological polar surface area (TPSA) is 86.7 Å². The van der Waals surface area contributed by atoms with Crippen LogP contribution in [0.2, 0.25) is 0 Å². The summed E-state index contributed by atoms with van der Waals surface area (Å²) < 4.78 is 0. The Balaban J connectivity index is 1.93. The molecule has 6 nitrogen and oxygen atoms in total. The van der Waals surface area contributed by atoms with Gasteiger partial charge in [-0.3, -0.25) is 9.59 Å². The number of nitrogens with one attached hydrogen (secondary N) is 1. The number of carbonyl (C=O) groups is 3. The SMILES string of the molecule is CCNC(=O)CCCC(=O)N1C(C(=O)O)CC2CCCCC21. The third-order valence-electron chi connectivity index (χ3n) is 4.83. The Morgan fingerprint density at radius 2 is 1.91 bits per heavy atom. The molecule has 0 radical (unpaired) electrons. The van der Waals surface area contributed by atoms with Gasteiger partial charge in [-0.15, -0.1) is 0 Å². The average molecular weight is 310 g/mol. The molecule has 2 rings (SSSR count). The number of likely N-dealkylation sites (tertiary alicyclic amines) is 1. The van der Waals surface area contributed by atoms with Crippen molar-refractivity contribution in [1.82, 2.24) is 10.2 Å². The minimum Gasteiger partial charge on any atom is -0.480 e. The Hall–Kier alpha value is -1.59. The molecule has 0 bridgehead atoms. The van der Waals surface area contributed by atoms with Crippen LogP contribution in [-0.2, 0) is 14.4 Å². The van der Waals surface area contributed by atoms with Crippen LogP contribution in [0, 0.1) is 5.92 Å². The van der Waals surface area contributed by atoms with Gasteiger partial charge in [0.2, 0.25) is 11.8 Å². The average Bonchev–Trinajstić information content (AvgIpc) is 2.87. The van der Waals surface area contributed by atoms with Crippen molar-refractivity contribution in [2.45, 2.75) is 70.4 Å². The van der Waals surface area contributed by atoms with Crippen molar-refractivity contribution < 1.29 is 19.5 Å². The van der Waals surface area contributed by atoms with Gasteiger partial charge in [0, 0.05) is 25.4 Å². The van der Waals surface area contributed by atoms with E-state index >= 15 is 0 Å². The number of nitrogens with zero attached hydrogens (tertiary/aromatic N) is 1. The molecule has 22 heavy (non-hydrogen) atoms. The third kappa shape index (κ3) is 3.78. The van der Waals surface area contributed by atoms with E-state index in [-0.39, 0.29) is 24.3 Å². The molecular formula is C16H26N2O4. The summed E-state index contributed by atoms with van der Waals surface area (Å²) in [6, 6.07) is -0.586. The normalized spacial score (nSPS) is 27.3. The molecular weight excluding hydrogens is 284 g/mol. The molecule has 6 heteroatoms. The monoisotopic (exact) mass is 310 g/mol. The fraction of sp³-hybridized carbons (Fsp3) is 0.812. The van der Waals surface area contributed by atoms with Crippen LogP contribution in [0.25, 0.3) is 0 Å². The van der Waals surface area contributed by atoms with Crippen LogP contribution < -0.4 is 5.32 Å². The van der Waals surface area contributed by atoms with Gasteiger partial charge in [0.1, 0.15) is 6.04 Å². The molecule has 1 aliphatic carbocycles. The van der Waals surface area contributed by atoms with Gasteiger partial charge in [0.15, 0.2) is 0 Å². The molecule has 2 fully saturated rings. The molecule has 1 heterocycles.